The first-order chi connectivity index (χ1) is 14.2. The Balaban J connectivity index is 1.41. The zero-order valence-electron chi connectivity index (χ0n) is 16.4. The van der Waals surface area contributed by atoms with E-state index in [1.165, 1.54) is 5.56 Å². The predicted molar refractivity (Wildman–Crippen MR) is 110 cm³/mol. The first-order valence-corrected chi connectivity index (χ1v) is 9.95. The van der Waals surface area contributed by atoms with E-state index in [1.54, 1.807) is 13.3 Å². The summed E-state index contributed by atoms with van der Waals surface area (Å²) in [5, 5.41) is 0. The molecule has 2 aliphatic heterocycles. The quantitative estimate of drug-likeness (QED) is 0.674. The summed E-state index contributed by atoms with van der Waals surface area (Å²) in [5.74, 6) is 0.935. The van der Waals surface area contributed by atoms with Crippen LogP contribution in [0.5, 0.6) is 5.75 Å². The third-order valence-electron chi connectivity index (χ3n) is 5.99. The summed E-state index contributed by atoms with van der Waals surface area (Å²) in [6.07, 6.45) is 5.77. The lowest BCUT2D eigenvalue weighted by atomic mass is 10.0. The molecule has 0 saturated carbocycles. The van der Waals surface area contributed by atoms with Gasteiger partial charge in [0.15, 0.2) is 0 Å². The minimum Gasteiger partial charge on any atom is -0.497 e. The molecule has 0 aliphatic carbocycles. The number of hydrogen-bond acceptors (Lipinski definition) is 4. The highest BCUT2D eigenvalue weighted by molar-refractivity contribution is 5.94. The number of methoxy groups -OCH3 is 1. The fourth-order valence-corrected chi connectivity index (χ4v) is 4.58. The van der Waals surface area contributed by atoms with E-state index in [4.69, 9.17) is 4.74 Å². The Morgan fingerprint density at radius 1 is 1.00 bits per heavy atom. The Hall–Kier alpha value is -3.12. The van der Waals surface area contributed by atoms with Crippen LogP contribution in [-0.2, 0) is 13.1 Å². The lowest BCUT2D eigenvalue weighted by molar-refractivity contribution is 0.0556. The normalized spacial score (nSPS) is 21.1. The summed E-state index contributed by atoms with van der Waals surface area (Å²) in [5.41, 5.74) is 3.10. The Morgan fingerprint density at radius 3 is 2.59 bits per heavy atom. The molecule has 2 aliphatic rings. The topological polar surface area (TPSA) is 50.6 Å². The molecule has 0 spiro atoms. The maximum absolute atomic E-state index is 13.3. The molecular weight excluding hydrogens is 364 g/mol. The van der Waals surface area contributed by atoms with Crippen molar-refractivity contribution in [1.29, 1.82) is 0 Å². The maximum atomic E-state index is 13.3. The second kappa shape index (κ2) is 7.37. The molecule has 5 rings (SSSR count). The van der Waals surface area contributed by atoms with E-state index < -0.39 is 0 Å². The summed E-state index contributed by atoms with van der Waals surface area (Å²) in [6, 6.07) is 16.4. The van der Waals surface area contributed by atoms with Crippen LogP contribution in [0.25, 0.3) is 0 Å². The highest BCUT2D eigenvalue weighted by Crippen LogP contribution is 2.35. The zero-order valence-corrected chi connectivity index (χ0v) is 16.4. The van der Waals surface area contributed by atoms with Crippen LogP contribution in [0.4, 0.5) is 0 Å². The molecule has 2 aromatic heterocycles. The Bertz CT molecular complexity index is 999. The number of ether oxygens (including phenoxy) is 1. The Kier molecular flexibility index (Phi) is 4.56. The van der Waals surface area contributed by atoms with Gasteiger partial charge in [-0.2, -0.15) is 0 Å². The monoisotopic (exact) mass is 388 g/mol. The molecule has 1 aromatic carbocycles. The van der Waals surface area contributed by atoms with E-state index in [9.17, 15) is 4.79 Å². The van der Waals surface area contributed by atoms with Gasteiger partial charge < -0.3 is 14.2 Å². The van der Waals surface area contributed by atoms with E-state index in [2.05, 4.69) is 20.5 Å². The number of carbonyl (C=O) groups is 1. The molecule has 0 bridgehead atoms. The van der Waals surface area contributed by atoms with Gasteiger partial charge in [0, 0.05) is 44.8 Å². The minimum absolute atomic E-state index is 0.107. The number of rotatable bonds is 5. The van der Waals surface area contributed by atoms with Crippen LogP contribution >= 0.6 is 0 Å². The van der Waals surface area contributed by atoms with Crippen LogP contribution in [0.1, 0.15) is 27.7 Å². The van der Waals surface area contributed by atoms with Crippen molar-refractivity contribution < 1.29 is 9.53 Å². The largest absolute Gasteiger partial charge is 0.497 e. The fourth-order valence-electron chi connectivity index (χ4n) is 4.58. The number of amides is 1. The molecule has 1 fully saturated rings. The van der Waals surface area contributed by atoms with Gasteiger partial charge in [-0.15, -0.1) is 0 Å². The van der Waals surface area contributed by atoms with E-state index in [1.807, 2.05) is 59.8 Å². The van der Waals surface area contributed by atoms with Gasteiger partial charge in [-0.05, 0) is 41.5 Å². The number of fused-ring (bicyclic) bond motifs is 3. The molecular formula is C23H24N4O2. The number of benzene rings is 1. The number of likely N-dealkylation sites (tertiary alicyclic amines) is 1. The van der Waals surface area contributed by atoms with Crippen molar-refractivity contribution in [2.24, 2.45) is 0 Å². The van der Waals surface area contributed by atoms with Gasteiger partial charge in [0.05, 0.1) is 19.2 Å². The smallest absolute Gasteiger partial charge is 0.271 e. The summed E-state index contributed by atoms with van der Waals surface area (Å²) < 4.78 is 7.43. The van der Waals surface area contributed by atoms with Crippen LogP contribution in [0.3, 0.4) is 0 Å². The number of nitrogens with zero attached hydrogens (tertiary/aromatic N) is 4. The van der Waals surface area contributed by atoms with Crippen molar-refractivity contribution >= 4 is 5.91 Å². The second-order valence-electron chi connectivity index (χ2n) is 7.77. The maximum Gasteiger partial charge on any atom is 0.271 e. The first-order valence-electron chi connectivity index (χ1n) is 9.95. The van der Waals surface area contributed by atoms with E-state index in [0.717, 1.165) is 36.6 Å². The summed E-state index contributed by atoms with van der Waals surface area (Å²) >= 11 is 0. The van der Waals surface area contributed by atoms with Gasteiger partial charge in [0.1, 0.15) is 11.4 Å². The first kappa shape index (κ1) is 17.9. The van der Waals surface area contributed by atoms with Gasteiger partial charge in [-0.3, -0.25) is 14.7 Å². The molecule has 2 atom stereocenters. The zero-order chi connectivity index (χ0) is 19.8. The lowest BCUT2D eigenvalue weighted by Gasteiger charge is -2.38. The van der Waals surface area contributed by atoms with Crippen LogP contribution in [-0.4, -0.2) is 51.5 Å². The van der Waals surface area contributed by atoms with Crippen LogP contribution < -0.4 is 4.74 Å². The molecule has 0 radical (unpaired) electrons. The minimum atomic E-state index is 0.107. The third kappa shape index (κ3) is 3.29. The number of carbonyl (C=O) groups excluding carboxylic acids is 1. The van der Waals surface area contributed by atoms with Gasteiger partial charge in [0.25, 0.3) is 5.91 Å². The van der Waals surface area contributed by atoms with Crippen LogP contribution in [0.15, 0.2) is 67.1 Å². The standard InChI is InChI=1S/C23H24N4O2/c1-29-19-8-6-17(7-9-19)14-27-22-16-25(13-18-4-2-10-24-12-18)15-21(22)26-11-3-5-20(26)23(27)28/h2-12,21-22H,13-16H2,1H3/t21-,22-/m1/s1. The average molecular weight is 388 g/mol. The second-order valence-corrected chi connectivity index (χ2v) is 7.77. The molecule has 6 nitrogen and oxygen atoms in total. The Labute approximate surface area is 170 Å². The molecule has 148 valence electrons. The molecule has 0 N–H and O–H groups in total. The van der Waals surface area contributed by atoms with Crippen LogP contribution in [0.2, 0.25) is 0 Å². The van der Waals surface area contributed by atoms with E-state index in [-0.39, 0.29) is 18.0 Å². The van der Waals surface area contributed by atoms with Crippen LogP contribution in [0, 0.1) is 0 Å². The van der Waals surface area contributed by atoms with Crippen molar-refractivity contribution in [3.05, 3.63) is 83.9 Å². The predicted octanol–water partition coefficient (Wildman–Crippen LogP) is 2.97. The number of hydrogen-bond donors (Lipinski definition) is 0. The van der Waals surface area contributed by atoms with Gasteiger partial charge in [0.2, 0.25) is 0 Å². The van der Waals surface area contributed by atoms with E-state index >= 15 is 0 Å². The molecule has 29 heavy (non-hydrogen) atoms. The van der Waals surface area contributed by atoms with Crippen molar-refractivity contribution in [1.82, 2.24) is 19.4 Å². The average Bonchev–Trinajstić information content (AvgIpc) is 3.39. The SMILES string of the molecule is COc1ccc(CN2C(=O)c3cccn3[C@@H]3CN(Cc4cccnc4)C[C@H]32)cc1. The number of aromatic nitrogens is 2. The number of pyridine rings is 1. The van der Waals surface area contributed by atoms with Crippen molar-refractivity contribution in [2.45, 2.75) is 25.2 Å². The summed E-state index contributed by atoms with van der Waals surface area (Å²) in [7, 11) is 1.66. The van der Waals surface area contributed by atoms with Crippen molar-refractivity contribution in [3.63, 3.8) is 0 Å². The molecule has 0 unspecified atom stereocenters. The van der Waals surface area contributed by atoms with E-state index in [0.29, 0.717) is 6.54 Å². The van der Waals surface area contributed by atoms with Gasteiger partial charge in [-0.1, -0.05) is 18.2 Å². The summed E-state index contributed by atoms with van der Waals surface area (Å²) in [6.45, 7) is 3.24. The summed E-state index contributed by atoms with van der Waals surface area (Å²) in [4.78, 5) is 22.0. The fraction of sp³-hybridized carbons (Fsp3) is 0.304. The van der Waals surface area contributed by atoms with Crippen molar-refractivity contribution in [3.8, 4) is 5.75 Å². The lowest BCUT2D eigenvalue weighted by Crippen LogP contribution is -2.49. The highest BCUT2D eigenvalue weighted by atomic mass is 16.5. The molecule has 3 aromatic rings. The third-order valence-corrected chi connectivity index (χ3v) is 5.99. The molecule has 1 saturated heterocycles. The highest BCUT2D eigenvalue weighted by Gasteiger charge is 2.44. The van der Waals surface area contributed by atoms with Gasteiger partial charge >= 0.3 is 0 Å². The molecule has 4 heterocycles. The van der Waals surface area contributed by atoms with Crippen molar-refractivity contribution in [2.75, 3.05) is 20.2 Å². The molecule has 1 amide bonds. The Morgan fingerprint density at radius 2 is 1.83 bits per heavy atom. The van der Waals surface area contributed by atoms with Gasteiger partial charge in [-0.25, -0.2) is 0 Å². The molecule has 6 heteroatoms.